The fourth-order valence-electron chi connectivity index (χ4n) is 3.86. The summed E-state index contributed by atoms with van der Waals surface area (Å²) < 4.78 is 10.8. The smallest absolute Gasteiger partial charge is 0.409 e. The number of rotatable bonds is 7. The summed E-state index contributed by atoms with van der Waals surface area (Å²) in [5, 5.41) is 5.46. The van der Waals surface area contributed by atoms with Gasteiger partial charge in [0, 0.05) is 18.9 Å². The Labute approximate surface area is 176 Å². The molecule has 166 valence electrons. The van der Waals surface area contributed by atoms with E-state index in [4.69, 9.17) is 9.47 Å². The van der Waals surface area contributed by atoms with Crippen molar-refractivity contribution in [1.82, 2.24) is 20.5 Å². The van der Waals surface area contributed by atoms with Crippen LogP contribution < -0.4 is 15.4 Å². The highest BCUT2D eigenvalue weighted by Gasteiger charge is 2.40. The lowest BCUT2D eigenvalue weighted by Crippen LogP contribution is -2.55. The minimum Gasteiger partial charge on any atom is -0.409 e. The van der Waals surface area contributed by atoms with Gasteiger partial charge >= 0.3 is 6.09 Å². The van der Waals surface area contributed by atoms with E-state index >= 15 is 0 Å². The molecule has 1 aromatic heterocycles. The average Bonchev–Trinajstić information content (AvgIpc) is 3.40. The maximum absolute atomic E-state index is 13.0. The summed E-state index contributed by atoms with van der Waals surface area (Å²) in [4.78, 5) is 42.7. The second-order valence-corrected chi connectivity index (χ2v) is 9.21. The zero-order chi connectivity index (χ0) is 21.7. The van der Waals surface area contributed by atoms with Gasteiger partial charge in [0.1, 0.15) is 24.4 Å². The van der Waals surface area contributed by atoms with Crippen molar-refractivity contribution >= 4 is 17.8 Å². The number of carbonyl (C=O) groups excluding carboxylic acids is 3. The first-order chi connectivity index (χ1) is 14.2. The van der Waals surface area contributed by atoms with Gasteiger partial charge in [0.15, 0.2) is 5.78 Å². The quantitative estimate of drug-likeness (QED) is 0.616. The van der Waals surface area contributed by atoms with Gasteiger partial charge < -0.3 is 30.0 Å². The summed E-state index contributed by atoms with van der Waals surface area (Å²) in [6.45, 7) is 8.51. The summed E-state index contributed by atoms with van der Waals surface area (Å²) in [5.74, 6) is -0.198. The molecule has 3 atom stereocenters. The second-order valence-electron chi connectivity index (χ2n) is 9.21. The number of Topliss-reactive ketones (excluding diaryl/α,β-unsaturated/α-hetero) is 1. The van der Waals surface area contributed by atoms with Crippen LogP contribution in [0.5, 0.6) is 5.75 Å². The average molecular weight is 421 g/mol. The van der Waals surface area contributed by atoms with Gasteiger partial charge in [-0.2, -0.15) is 0 Å². The third-order valence-electron chi connectivity index (χ3n) is 5.30. The molecule has 0 spiro atoms. The lowest BCUT2D eigenvalue weighted by atomic mass is 9.87. The van der Waals surface area contributed by atoms with Gasteiger partial charge in [-0.05, 0) is 43.8 Å². The molecular weight excluding hydrogens is 388 g/mol. The Morgan fingerprint density at radius 3 is 2.70 bits per heavy atom. The van der Waals surface area contributed by atoms with Crippen molar-refractivity contribution in [1.29, 1.82) is 0 Å². The first kappa shape index (κ1) is 22.3. The van der Waals surface area contributed by atoms with Gasteiger partial charge in [0.25, 0.3) is 0 Å². The van der Waals surface area contributed by atoms with Crippen LogP contribution in [0.3, 0.4) is 0 Å². The molecular formula is C21H32N4O5. The fraction of sp³-hybridized carbons (Fsp3) is 0.667. The van der Waals surface area contributed by atoms with Gasteiger partial charge in [0.2, 0.25) is 5.91 Å². The molecule has 2 unspecified atom stereocenters. The Morgan fingerprint density at radius 1 is 1.33 bits per heavy atom. The molecule has 2 saturated heterocycles. The standard InChI is InChI=1S/C21H32N4O5/c1-21(2,3)10-15(23-20(28)30-14-6-7-22-11-14)19(27)24-18-16(26)13-29-17(18)12-25-8-4-5-9-25/h6-7,11,15,17-18,22H,4-5,8-10,12-13H2,1-3H3,(H,23,28)(H,24,27)/t15-,17?,18?/m0/s1. The second kappa shape index (κ2) is 9.61. The molecule has 2 amide bonds. The molecule has 9 nitrogen and oxygen atoms in total. The number of likely N-dealkylation sites (tertiary alicyclic amines) is 1. The number of carbonyl (C=O) groups is 3. The van der Waals surface area contributed by atoms with Crippen LogP contribution >= 0.6 is 0 Å². The van der Waals surface area contributed by atoms with Gasteiger partial charge in [-0.25, -0.2) is 4.79 Å². The van der Waals surface area contributed by atoms with E-state index in [0.29, 0.717) is 18.7 Å². The van der Waals surface area contributed by atoms with Crippen LogP contribution in [0, 0.1) is 5.41 Å². The monoisotopic (exact) mass is 420 g/mol. The third kappa shape index (κ3) is 6.30. The van der Waals surface area contributed by atoms with Gasteiger partial charge in [-0.15, -0.1) is 0 Å². The number of ketones is 1. The van der Waals surface area contributed by atoms with E-state index in [0.717, 1.165) is 25.9 Å². The number of hydrogen-bond donors (Lipinski definition) is 3. The van der Waals surface area contributed by atoms with Crippen molar-refractivity contribution in [2.45, 2.75) is 58.2 Å². The molecule has 0 saturated carbocycles. The van der Waals surface area contributed by atoms with E-state index in [2.05, 4.69) is 20.5 Å². The number of hydrogen-bond acceptors (Lipinski definition) is 6. The van der Waals surface area contributed by atoms with Gasteiger partial charge in [-0.1, -0.05) is 20.8 Å². The molecule has 9 heteroatoms. The number of amides is 2. The number of aromatic nitrogens is 1. The van der Waals surface area contributed by atoms with Crippen molar-refractivity contribution in [3.8, 4) is 5.75 Å². The van der Waals surface area contributed by atoms with E-state index in [1.54, 1.807) is 12.3 Å². The SMILES string of the molecule is CC(C)(C)C[C@H](NC(=O)Oc1cc[nH]c1)C(=O)NC1C(=O)COC1CN1CCCC1. The molecule has 3 heterocycles. The Balaban J connectivity index is 1.63. The summed E-state index contributed by atoms with van der Waals surface area (Å²) in [5.41, 5.74) is -0.228. The molecule has 3 rings (SSSR count). The Morgan fingerprint density at radius 2 is 2.07 bits per heavy atom. The van der Waals surface area contributed by atoms with Crippen molar-refractivity contribution in [2.75, 3.05) is 26.2 Å². The number of nitrogens with one attached hydrogen (secondary N) is 3. The van der Waals surface area contributed by atoms with E-state index in [1.807, 2.05) is 20.8 Å². The number of H-pyrrole nitrogens is 1. The van der Waals surface area contributed by atoms with Crippen LogP contribution in [0.1, 0.15) is 40.0 Å². The van der Waals surface area contributed by atoms with Crippen LogP contribution in [0.25, 0.3) is 0 Å². The molecule has 0 radical (unpaired) electrons. The Kier molecular flexibility index (Phi) is 7.14. The highest BCUT2D eigenvalue weighted by Crippen LogP contribution is 2.22. The molecule has 1 aromatic rings. The summed E-state index contributed by atoms with van der Waals surface area (Å²) in [6.07, 6.45) is 4.74. The first-order valence-corrected chi connectivity index (χ1v) is 10.5. The zero-order valence-corrected chi connectivity index (χ0v) is 17.9. The highest BCUT2D eigenvalue weighted by molar-refractivity contribution is 5.94. The molecule has 3 N–H and O–H groups in total. The number of aromatic amines is 1. The van der Waals surface area contributed by atoms with Gasteiger partial charge in [-0.3, -0.25) is 9.59 Å². The zero-order valence-electron chi connectivity index (χ0n) is 17.9. The highest BCUT2D eigenvalue weighted by atomic mass is 16.6. The number of nitrogens with zero attached hydrogens (tertiary/aromatic N) is 1. The summed E-state index contributed by atoms with van der Waals surface area (Å²) >= 11 is 0. The summed E-state index contributed by atoms with van der Waals surface area (Å²) in [7, 11) is 0. The van der Waals surface area contributed by atoms with Crippen LogP contribution in [0.15, 0.2) is 18.5 Å². The van der Waals surface area contributed by atoms with E-state index in [1.165, 1.54) is 6.20 Å². The van der Waals surface area contributed by atoms with Crippen molar-refractivity contribution in [2.24, 2.45) is 5.41 Å². The van der Waals surface area contributed by atoms with Crippen LogP contribution in [-0.2, 0) is 14.3 Å². The first-order valence-electron chi connectivity index (χ1n) is 10.5. The summed E-state index contributed by atoms with van der Waals surface area (Å²) in [6, 6.07) is 0.0657. The fourth-order valence-corrected chi connectivity index (χ4v) is 3.86. The minimum absolute atomic E-state index is 0.00362. The van der Waals surface area contributed by atoms with Crippen molar-refractivity contribution in [3.05, 3.63) is 18.5 Å². The van der Waals surface area contributed by atoms with Crippen LogP contribution in [0.2, 0.25) is 0 Å². The van der Waals surface area contributed by atoms with E-state index in [-0.39, 0.29) is 23.9 Å². The Hall–Kier alpha value is -2.39. The molecule has 2 aliphatic heterocycles. The lowest BCUT2D eigenvalue weighted by molar-refractivity contribution is -0.128. The molecule has 0 bridgehead atoms. The molecule has 0 aromatic carbocycles. The lowest BCUT2D eigenvalue weighted by Gasteiger charge is -2.28. The Bertz CT molecular complexity index is 737. The molecule has 2 aliphatic rings. The minimum atomic E-state index is -0.836. The molecule has 30 heavy (non-hydrogen) atoms. The third-order valence-corrected chi connectivity index (χ3v) is 5.30. The molecule has 0 aliphatic carbocycles. The van der Waals surface area contributed by atoms with Gasteiger partial charge in [0.05, 0.1) is 6.10 Å². The largest absolute Gasteiger partial charge is 0.413 e. The van der Waals surface area contributed by atoms with Crippen molar-refractivity contribution in [3.63, 3.8) is 0 Å². The maximum Gasteiger partial charge on any atom is 0.413 e. The topological polar surface area (TPSA) is 113 Å². The normalized spacial score (nSPS) is 23.4. The van der Waals surface area contributed by atoms with Crippen molar-refractivity contribution < 1.29 is 23.9 Å². The van der Waals surface area contributed by atoms with Crippen LogP contribution in [-0.4, -0.2) is 72.1 Å². The molecule has 2 fully saturated rings. The van der Waals surface area contributed by atoms with E-state index < -0.39 is 24.1 Å². The predicted octanol–water partition coefficient (Wildman–Crippen LogP) is 1.46. The predicted molar refractivity (Wildman–Crippen MR) is 110 cm³/mol. The maximum atomic E-state index is 13.0. The van der Waals surface area contributed by atoms with E-state index in [9.17, 15) is 14.4 Å². The van der Waals surface area contributed by atoms with Crippen LogP contribution in [0.4, 0.5) is 4.79 Å². The number of ether oxygens (including phenoxy) is 2.